The van der Waals surface area contributed by atoms with E-state index in [0.717, 1.165) is 39.4 Å². The molecule has 0 aliphatic carbocycles. The lowest BCUT2D eigenvalue weighted by molar-refractivity contribution is 1.09. The average Bonchev–Trinajstić information content (AvgIpc) is 3.23. The lowest BCUT2D eigenvalue weighted by Gasteiger charge is -2.09. The molecule has 0 amide bonds. The van der Waals surface area contributed by atoms with Gasteiger partial charge in [-0.25, -0.2) is 9.97 Å². The van der Waals surface area contributed by atoms with Crippen molar-refractivity contribution in [3.05, 3.63) is 91.0 Å². The molecule has 2 N–H and O–H groups in total. The number of aromatic nitrogens is 4. The molecule has 5 rings (SSSR count). The van der Waals surface area contributed by atoms with E-state index in [-0.39, 0.29) is 0 Å². The van der Waals surface area contributed by atoms with Crippen LogP contribution in [0.2, 0.25) is 0 Å². The van der Waals surface area contributed by atoms with Gasteiger partial charge in [0.25, 0.3) is 0 Å². The van der Waals surface area contributed by atoms with Gasteiger partial charge in [0, 0.05) is 22.6 Å². The summed E-state index contributed by atoms with van der Waals surface area (Å²) in [6.07, 6.45) is 0. The van der Waals surface area contributed by atoms with E-state index in [1.165, 1.54) is 0 Å². The second kappa shape index (κ2) is 6.96. The molecule has 134 valence electrons. The molecule has 0 bridgehead atoms. The van der Waals surface area contributed by atoms with E-state index in [2.05, 4.69) is 15.5 Å². The largest absolute Gasteiger partial charge is 0.325 e. The smallest absolute Gasteiger partial charge is 0.162 e. The third-order valence-corrected chi connectivity index (χ3v) is 4.54. The molecule has 0 saturated heterocycles. The molecule has 0 atom stereocenters. The number of rotatable bonds is 4. The first kappa shape index (κ1) is 16.2. The van der Waals surface area contributed by atoms with Crippen molar-refractivity contribution in [3.63, 3.8) is 0 Å². The van der Waals surface area contributed by atoms with Gasteiger partial charge in [0.15, 0.2) is 5.82 Å². The number of para-hydroxylation sites is 1. The van der Waals surface area contributed by atoms with Crippen molar-refractivity contribution in [2.75, 3.05) is 5.32 Å². The van der Waals surface area contributed by atoms with Crippen LogP contribution in [0.4, 0.5) is 11.6 Å². The summed E-state index contributed by atoms with van der Waals surface area (Å²) in [5.41, 5.74) is 3.81. The normalized spacial score (nSPS) is 10.9. The van der Waals surface area contributed by atoms with Gasteiger partial charge in [0.1, 0.15) is 11.6 Å². The summed E-state index contributed by atoms with van der Waals surface area (Å²) in [5, 5.41) is 11.8. The van der Waals surface area contributed by atoms with Crippen molar-refractivity contribution >= 4 is 22.5 Å². The molecule has 0 saturated carbocycles. The van der Waals surface area contributed by atoms with E-state index in [1.54, 1.807) is 0 Å². The molecular formula is C23H17N5. The van der Waals surface area contributed by atoms with Crippen molar-refractivity contribution in [1.29, 1.82) is 0 Å². The Morgan fingerprint density at radius 1 is 0.679 bits per heavy atom. The highest BCUT2D eigenvalue weighted by molar-refractivity contribution is 5.92. The number of fused-ring (bicyclic) bond motifs is 1. The zero-order chi connectivity index (χ0) is 18.8. The van der Waals surface area contributed by atoms with Crippen LogP contribution in [0.3, 0.4) is 0 Å². The molecule has 2 heterocycles. The molecule has 5 aromatic rings. The Labute approximate surface area is 162 Å². The third kappa shape index (κ3) is 3.10. The van der Waals surface area contributed by atoms with Crippen LogP contribution in [0, 0.1) is 0 Å². The van der Waals surface area contributed by atoms with Crippen LogP contribution in [0.25, 0.3) is 33.5 Å². The van der Waals surface area contributed by atoms with Gasteiger partial charge in [-0.05, 0) is 12.1 Å². The Kier molecular flexibility index (Phi) is 4.03. The second-order valence-corrected chi connectivity index (χ2v) is 6.44. The first-order valence-corrected chi connectivity index (χ1v) is 9.07. The number of hydrogen-bond donors (Lipinski definition) is 2. The summed E-state index contributed by atoms with van der Waals surface area (Å²) in [6, 6.07) is 30.0. The standard InChI is InChI=1S/C23H17N5/c1-3-9-16(10-4-1)20-15-21(28-27-20)25-23-18-13-7-8-14-19(18)24-22(26-23)17-11-5-2-6-12-17/h1-15H,(H2,24,25,26,27,28). The van der Waals surface area contributed by atoms with E-state index >= 15 is 0 Å². The van der Waals surface area contributed by atoms with Crippen molar-refractivity contribution in [2.24, 2.45) is 0 Å². The summed E-state index contributed by atoms with van der Waals surface area (Å²) < 4.78 is 0. The number of H-pyrrole nitrogens is 1. The average molecular weight is 363 g/mol. The summed E-state index contributed by atoms with van der Waals surface area (Å²) in [6.45, 7) is 0. The van der Waals surface area contributed by atoms with Crippen molar-refractivity contribution in [3.8, 4) is 22.6 Å². The molecule has 3 aromatic carbocycles. The van der Waals surface area contributed by atoms with Gasteiger partial charge < -0.3 is 5.32 Å². The van der Waals surface area contributed by atoms with Crippen molar-refractivity contribution in [2.45, 2.75) is 0 Å². The molecule has 0 spiro atoms. The predicted molar refractivity (Wildman–Crippen MR) is 112 cm³/mol. The quantitative estimate of drug-likeness (QED) is 0.447. The minimum absolute atomic E-state index is 0.685. The van der Waals surface area contributed by atoms with E-state index in [9.17, 15) is 0 Å². The van der Waals surface area contributed by atoms with E-state index in [1.807, 2.05) is 91.0 Å². The zero-order valence-electron chi connectivity index (χ0n) is 15.0. The highest BCUT2D eigenvalue weighted by atomic mass is 15.2. The minimum Gasteiger partial charge on any atom is -0.325 e. The SMILES string of the molecule is c1ccc(-c2cc(Nc3nc(-c4ccccc4)nc4ccccc34)[nH]n2)cc1. The van der Waals surface area contributed by atoms with Gasteiger partial charge in [-0.15, -0.1) is 0 Å². The van der Waals surface area contributed by atoms with Gasteiger partial charge in [-0.1, -0.05) is 72.8 Å². The maximum atomic E-state index is 4.78. The number of benzene rings is 3. The lowest BCUT2D eigenvalue weighted by atomic mass is 10.1. The van der Waals surface area contributed by atoms with E-state index in [4.69, 9.17) is 9.97 Å². The molecule has 2 aromatic heterocycles. The highest BCUT2D eigenvalue weighted by Gasteiger charge is 2.11. The summed E-state index contributed by atoms with van der Waals surface area (Å²) >= 11 is 0. The zero-order valence-corrected chi connectivity index (χ0v) is 15.0. The number of anilines is 2. The van der Waals surface area contributed by atoms with Gasteiger partial charge in [-0.3, -0.25) is 5.10 Å². The fraction of sp³-hybridized carbons (Fsp3) is 0. The first-order valence-electron chi connectivity index (χ1n) is 9.07. The molecule has 5 heteroatoms. The molecular weight excluding hydrogens is 346 g/mol. The lowest BCUT2D eigenvalue weighted by Crippen LogP contribution is -1.99. The van der Waals surface area contributed by atoms with Gasteiger partial charge in [-0.2, -0.15) is 5.10 Å². The molecule has 5 nitrogen and oxygen atoms in total. The second-order valence-electron chi connectivity index (χ2n) is 6.44. The minimum atomic E-state index is 0.685. The maximum absolute atomic E-state index is 4.78. The number of nitrogens with zero attached hydrogens (tertiary/aromatic N) is 3. The highest BCUT2D eigenvalue weighted by Crippen LogP contribution is 2.28. The van der Waals surface area contributed by atoms with Crippen molar-refractivity contribution < 1.29 is 0 Å². The fourth-order valence-corrected chi connectivity index (χ4v) is 3.16. The van der Waals surface area contributed by atoms with Gasteiger partial charge in [0.05, 0.1) is 11.2 Å². The summed E-state index contributed by atoms with van der Waals surface area (Å²) in [4.78, 5) is 9.50. The van der Waals surface area contributed by atoms with Crippen molar-refractivity contribution in [1.82, 2.24) is 20.2 Å². The Balaban J connectivity index is 1.56. The van der Waals surface area contributed by atoms with Gasteiger partial charge >= 0.3 is 0 Å². The van der Waals surface area contributed by atoms with Crippen LogP contribution in [-0.4, -0.2) is 20.2 Å². The van der Waals surface area contributed by atoms with Crippen LogP contribution < -0.4 is 5.32 Å². The number of hydrogen-bond acceptors (Lipinski definition) is 4. The molecule has 0 fully saturated rings. The summed E-state index contributed by atoms with van der Waals surface area (Å²) in [5.74, 6) is 2.21. The van der Waals surface area contributed by atoms with Gasteiger partial charge in [0.2, 0.25) is 0 Å². The third-order valence-electron chi connectivity index (χ3n) is 4.54. The predicted octanol–water partition coefficient (Wildman–Crippen LogP) is 5.43. The monoisotopic (exact) mass is 363 g/mol. The molecule has 0 aliphatic rings. The van der Waals surface area contributed by atoms with Crippen LogP contribution in [0.15, 0.2) is 91.0 Å². The van der Waals surface area contributed by atoms with E-state index in [0.29, 0.717) is 5.82 Å². The molecule has 0 radical (unpaired) electrons. The van der Waals surface area contributed by atoms with Crippen LogP contribution >= 0.6 is 0 Å². The maximum Gasteiger partial charge on any atom is 0.162 e. The Bertz CT molecular complexity index is 1230. The molecule has 28 heavy (non-hydrogen) atoms. The molecule has 0 aliphatic heterocycles. The van der Waals surface area contributed by atoms with E-state index < -0.39 is 0 Å². The number of nitrogens with one attached hydrogen (secondary N) is 2. The van der Waals surface area contributed by atoms with Crippen LogP contribution in [0.1, 0.15) is 0 Å². The fourth-order valence-electron chi connectivity index (χ4n) is 3.16. The Hall–Kier alpha value is -3.99. The first-order chi connectivity index (χ1) is 13.9. The Morgan fingerprint density at radius 2 is 1.36 bits per heavy atom. The molecule has 0 unspecified atom stereocenters. The Morgan fingerprint density at radius 3 is 2.14 bits per heavy atom. The topological polar surface area (TPSA) is 66.5 Å². The van der Waals surface area contributed by atoms with Crippen LogP contribution in [-0.2, 0) is 0 Å². The summed E-state index contributed by atoms with van der Waals surface area (Å²) in [7, 11) is 0. The number of aromatic amines is 1. The van der Waals surface area contributed by atoms with Crippen LogP contribution in [0.5, 0.6) is 0 Å².